The van der Waals surface area contributed by atoms with E-state index in [1.54, 1.807) is 0 Å². The summed E-state index contributed by atoms with van der Waals surface area (Å²) in [4.78, 5) is 17.0. The molecule has 0 aliphatic carbocycles. The minimum absolute atomic E-state index is 0.0767. The molecule has 2 aromatic heterocycles. The van der Waals surface area contributed by atoms with E-state index in [0.717, 1.165) is 21.8 Å². The number of carboxylic acids is 1. The van der Waals surface area contributed by atoms with E-state index in [-0.39, 0.29) is 6.42 Å². The minimum atomic E-state index is -0.815. The Kier molecular flexibility index (Phi) is 3.56. The van der Waals surface area contributed by atoms with Crippen molar-refractivity contribution in [1.29, 1.82) is 0 Å². The molecule has 6 heteroatoms. The zero-order valence-corrected chi connectivity index (χ0v) is 11.8. The average Bonchev–Trinajstić information content (AvgIpc) is 2.64. The van der Waals surface area contributed by atoms with Crippen molar-refractivity contribution >= 4 is 33.2 Å². The van der Waals surface area contributed by atoms with Gasteiger partial charge in [0, 0.05) is 20.5 Å². The Hall–Kier alpha value is -1.56. The molecule has 2 rings (SSSR count). The van der Waals surface area contributed by atoms with Crippen LogP contribution in [0.1, 0.15) is 12.2 Å². The predicted octanol–water partition coefficient (Wildman–Crippen LogP) is 2.18. The van der Waals surface area contributed by atoms with E-state index in [0.29, 0.717) is 6.42 Å². The summed E-state index contributed by atoms with van der Waals surface area (Å²) in [5.74, 6) is 0.917. The molecule has 1 N–H and O–H groups in total. The molecular formula is C12H14BrN3O2. The summed E-state index contributed by atoms with van der Waals surface area (Å²) >= 11 is 3.41. The van der Waals surface area contributed by atoms with Crippen molar-refractivity contribution in [1.82, 2.24) is 9.38 Å². The number of aliphatic carboxylic acids is 1. The highest BCUT2D eigenvalue weighted by Crippen LogP contribution is 2.25. The summed E-state index contributed by atoms with van der Waals surface area (Å²) in [7, 11) is 3.90. The third kappa shape index (κ3) is 2.33. The number of aromatic nitrogens is 2. The molecule has 0 radical (unpaired) electrons. The maximum atomic E-state index is 10.7. The van der Waals surface area contributed by atoms with Crippen LogP contribution in [-0.4, -0.2) is 34.6 Å². The van der Waals surface area contributed by atoms with E-state index in [1.807, 2.05) is 41.6 Å². The highest BCUT2D eigenvalue weighted by molar-refractivity contribution is 9.10. The van der Waals surface area contributed by atoms with Crippen LogP contribution in [0.2, 0.25) is 0 Å². The summed E-state index contributed by atoms with van der Waals surface area (Å²) < 4.78 is 2.72. The number of rotatable bonds is 4. The number of nitrogens with zero attached hydrogens (tertiary/aromatic N) is 3. The van der Waals surface area contributed by atoms with Crippen LogP contribution < -0.4 is 4.90 Å². The lowest BCUT2D eigenvalue weighted by atomic mass is 10.3. The van der Waals surface area contributed by atoms with Gasteiger partial charge in [0.05, 0.1) is 11.9 Å². The molecule has 0 unspecified atom stereocenters. The Balaban J connectivity index is 2.55. The molecule has 0 saturated carbocycles. The van der Waals surface area contributed by atoms with Crippen LogP contribution in [0.3, 0.4) is 0 Å². The molecule has 0 spiro atoms. The molecule has 0 fully saturated rings. The first-order valence-electron chi connectivity index (χ1n) is 5.55. The lowest BCUT2D eigenvalue weighted by Crippen LogP contribution is -2.14. The van der Waals surface area contributed by atoms with Crippen LogP contribution in [-0.2, 0) is 11.2 Å². The molecule has 96 valence electrons. The van der Waals surface area contributed by atoms with Gasteiger partial charge in [0.1, 0.15) is 16.2 Å². The summed E-state index contributed by atoms with van der Waals surface area (Å²) in [5.41, 5.74) is 0.946. The molecule has 0 aromatic carbocycles. The Morgan fingerprint density at radius 2 is 2.22 bits per heavy atom. The number of fused-ring (bicyclic) bond motifs is 1. The first kappa shape index (κ1) is 12.9. The van der Waals surface area contributed by atoms with Gasteiger partial charge < -0.3 is 10.0 Å². The molecule has 5 nitrogen and oxygen atoms in total. The molecule has 0 aliphatic rings. The summed E-state index contributed by atoms with van der Waals surface area (Å²) in [5, 5.41) is 8.77. The molecule has 2 heterocycles. The number of imidazole rings is 1. The van der Waals surface area contributed by atoms with Crippen molar-refractivity contribution in [2.75, 3.05) is 19.0 Å². The van der Waals surface area contributed by atoms with Crippen LogP contribution in [0.15, 0.2) is 22.8 Å². The first-order chi connectivity index (χ1) is 8.50. The van der Waals surface area contributed by atoms with Crippen LogP contribution in [0, 0.1) is 0 Å². The smallest absolute Gasteiger partial charge is 0.303 e. The quantitative estimate of drug-likeness (QED) is 0.940. The Morgan fingerprint density at radius 1 is 1.50 bits per heavy atom. The van der Waals surface area contributed by atoms with Crippen molar-refractivity contribution in [3.8, 4) is 0 Å². The van der Waals surface area contributed by atoms with Gasteiger partial charge in [-0.15, -0.1) is 0 Å². The van der Waals surface area contributed by atoms with Crippen LogP contribution in [0.25, 0.3) is 5.52 Å². The fourth-order valence-corrected chi connectivity index (χ4v) is 2.40. The number of aryl methyl sites for hydroxylation is 1. The first-order valence-corrected chi connectivity index (χ1v) is 6.35. The maximum absolute atomic E-state index is 10.7. The van der Waals surface area contributed by atoms with E-state index < -0.39 is 5.97 Å². The molecule has 0 atom stereocenters. The fraction of sp³-hybridized carbons (Fsp3) is 0.333. The van der Waals surface area contributed by atoms with Crippen molar-refractivity contribution in [3.05, 3.63) is 28.6 Å². The molecule has 0 bridgehead atoms. The van der Waals surface area contributed by atoms with Gasteiger partial charge in [-0.3, -0.25) is 9.20 Å². The Bertz CT molecular complexity index is 592. The Morgan fingerprint density at radius 3 is 2.83 bits per heavy atom. The fourth-order valence-electron chi connectivity index (χ4n) is 1.89. The lowest BCUT2D eigenvalue weighted by Gasteiger charge is -2.16. The Labute approximate surface area is 113 Å². The van der Waals surface area contributed by atoms with Crippen molar-refractivity contribution in [2.45, 2.75) is 12.8 Å². The monoisotopic (exact) mass is 311 g/mol. The highest BCUT2D eigenvalue weighted by atomic mass is 79.9. The standard InChI is InChI=1S/C12H14BrN3O2/c1-15(2)10-5-3-4-8-12(13)14-9(16(8)10)6-7-11(17)18/h3-5H,6-7H2,1-2H3,(H,17,18). The van der Waals surface area contributed by atoms with E-state index >= 15 is 0 Å². The normalized spacial score (nSPS) is 10.8. The second kappa shape index (κ2) is 4.97. The van der Waals surface area contributed by atoms with Gasteiger partial charge in [-0.2, -0.15) is 0 Å². The largest absolute Gasteiger partial charge is 0.481 e. The number of hydrogen-bond donors (Lipinski definition) is 1. The van der Waals surface area contributed by atoms with Gasteiger partial charge >= 0.3 is 5.97 Å². The lowest BCUT2D eigenvalue weighted by molar-refractivity contribution is -0.137. The number of anilines is 1. The number of carboxylic acid groups (broad SMARTS) is 1. The topological polar surface area (TPSA) is 57.8 Å². The molecular weight excluding hydrogens is 298 g/mol. The van der Waals surface area contributed by atoms with Crippen molar-refractivity contribution < 1.29 is 9.90 Å². The highest BCUT2D eigenvalue weighted by Gasteiger charge is 2.13. The number of pyridine rings is 1. The van der Waals surface area contributed by atoms with Gasteiger partial charge in [-0.25, -0.2) is 4.98 Å². The van der Waals surface area contributed by atoms with E-state index in [1.165, 1.54) is 0 Å². The zero-order chi connectivity index (χ0) is 13.3. The summed E-state index contributed by atoms with van der Waals surface area (Å²) in [6.07, 6.45) is 0.486. The second-order valence-electron chi connectivity index (χ2n) is 4.21. The van der Waals surface area contributed by atoms with Gasteiger partial charge in [0.25, 0.3) is 0 Å². The van der Waals surface area contributed by atoms with Gasteiger partial charge in [-0.1, -0.05) is 6.07 Å². The van der Waals surface area contributed by atoms with Gasteiger partial charge in [0.2, 0.25) is 0 Å². The number of halogens is 1. The SMILES string of the molecule is CN(C)c1cccc2c(Br)nc(CCC(=O)O)n12. The number of hydrogen-bond acceptors (Lipinski definition) is 3. The summed E-state index contributed by atoms with van der Waals surface area (Å²) in [6, 6.07) is 5.89. The average molecular weight is 312 g/mol. The van der Waals surface area contributed by atoms with Gasteiger partial charge in [-0.05, 0) is 28.1 Å². The third-order valence-electron chi connectivity index (χ3n) is 2.69. The van der Waals surface area contributed by atoms with Gasteiger partial charge in [0.15, 0.2) is 0 Å². The van der Waals surface area contributed by atoms with E-state index in [2.05, 4.69) is 20.9 Å². The molecule has 18 heavy (non-hydrogen) atoms. The van der Waals surface area contributed by atoms with Crippen molar-refractivity contribution in [3.63, 3.8) is 0 Å². The zero-order valence-electron chi connectivity index (χ0n) is 10.2. The number of carbonyl (C=O) groups is 1. The van der Waals surface area contributed by atoms with Crippen molar-refractivity contribution in [2.24, 2.45) is 0 Å². The minimum Gasteiger partial charge on any atom is -0.481 e. The maximum Gasteiger partial charge on any atom is 0.303 e. The molecule has 0 saturated heterocycles. The molecule has 0 amide bonds. The second-order valence-corrected chi connectivity index (χ2v) is 4.96. The predicted molar refractivity (Wildman–Crippen MR) is 73.2 cm³/mol. The van der Waals surface area contributed by atoms with E-state index in [9.17, 15) is 4.79 Å². The summed E-state index contributed by atoms with van der Waals surface area (Å²) in [6.45, 7) is 0. The third-order valence-corrected chi connectivity index (χ3v) is 3.27. The molecule has 2 aromatic rings. The molecule has 0 aliphatic heterocycles. The van der Waals surface area contributed by atoms with Crippen LogP contribution >= 0.6 is 15.9 Å². The van der Waals surface area contributed by atoms with Crippen LogP contribution in [0.5, 0.6) is 0 Å². The van der Waals surface area contributed by atoms with E-state index in [4.69, 9.17) is 5.11 Å². The van der Waals surface area contributed by atoms with Crippen LogP contribution in [0.4, 0.5) is 5.82 Å².